The molecule has 2 aromatic rings. The van der Waals surface area contributed by atoms with E-state index in [2.05, 4.69) is 10.2 Å². The Morgan fingerprint density at radius 3 is 2.53 bits per heavy atom. The summed E-state index contributed by atoms with van der Waals surface area (Å²) in [5, 5.41) is 16.4. The quantitative estimate of drug-likeness (QED) is 0.740. The molecule has 5 heteroatoms. The van der Waals surface area contributed by atoms with Gasteiger partial charge in [-0.05, 0) is 36.6 Å². The minimum atomic E-state index is 0.103. The highest BCUT2D eigenvalue weighted by Gasteiger charge is 2.15. The second kappa shape index (κ2) is 4.01. The van der Waals surface area contributed by atoms with Crippen LogP contribution in [0.1, 0.15) is 11.1 Å². The van der Waals surface area contributed by atoms with Crippen LogP contribution in [0.3, 0.4) is 0 Å². The van der Waals surface area contributed by atoms with Crippen LogP contribution in [-0.2, 0) is 0 Å². The Kier molecular flexibility index (Phi) is 2.67. The highest BCUT2D eigenvalue weighted by Crippen LogP contribution is 2.39. The van der Waals surface area contributed by atoms with Crippen LogP contribution in [0.25, 0.3) is 11.1 Å². The van der Waals surface area contributed by atoms with Crippen LogP contribution in [0.4, 0.5) is 5.82 Å². The van der Waals surface area contributed by atoms with Crippen LogP contribution in [0.2, 0.25) is 0 Å². The zero-order valence-electron chi connectivity index (χ0n) is 10.0. The van der Waals surface area contributed by atoms with E-state index < -0.39 is 0 Å². The summed E-state index contributed by atoms with van der Waals surface area (Å²) in [6, 6.07) is 1.64. The van der Waals surface area contributed by atoms with Crippen LogP contribution in [0.5, 0.6) is 11.5 Å². The Bertz CT molecular complexity index is 561. The number of hydrogen-bond acceptors (Lipinski definition) is 4. The highest BCUT2D eigenvalue weighted by atomic mass is 16.5. The van der Waals surface area contributed by atoms with Crippen LogP contribution in [0.15, 0.2) is 12.3 Å². The molecule has 0 aliphatic carbocycles. The molecular formula is C12H15N3O2. The second-order valence-corrected chi connectivity index (χ2v) is 3.92. The molecule has 0 aliphatic heterocycles. The lowest BCUT2D eigenvalue weighted by atomic mass is 9.97. The normalized spacial score (nSPS) is 10.5. The van der Waals surface area contributed by atoms with Crippen molar-refractivity contribution in [2.75, 3.05) is 12.8 Å². The van der Waals surface area contributed by atoms with Gasteiger partial charge in [-0.2, -0.15) is 5.10 Å². The number of aromatic nitrogens is 2. The van der Waals surface area contributed by atoms with Crippen LogP contribution in [-0.4, -0.2) is 22.4 Å². The number of nitrogens with two attached hydrogens (primary N) is 1. The molecule has 0 atom stereocenters. The number of hydrogen-bond donors (Lipinski definition) is 3. The standard InChI is InChI=1S/C12H15N3O2/c1-6-7(2)11(17-3)10(16)4-8(6)9-5-14-15-12(9)13/h4-5,16H,1-3H3,(H3,13,14,15). The lowest BCUT2D eigenvalue weighted by molar-refractivity contribution is 0.370. The molecule has 0 spiro atoms. The Labute approximate surface area is 99.2 Å². The average molecular weight is 233 g/mol. The van der Waals surface area contributed by atoms with Crippen molar-refractivity contribution >= 4 is 5.82 Å². The van der Waals surface area contributed by atoms with Crippen molar-refractivity contribution in [3.8, 4) is 22.6 Å². The number of nitrogens with zero attached hydrogens (tertiary/aromatic N) is 1. The number of phenolic OH excluding ortho intramolecular Hbond substituents is 1. The summed E-state index contributed by atoms with van der Waals surface area (Å²) < 4.78 is 5.15. The molecule has 17 heavy (non-hydrogen) atoms. The first-order valence-corrected chi connectivity index (χ1v) is 5.22. The molecule has 0 unspecified atom stereocenters. The maximum absolute atomic E-state index is 9.89. The van der Waals surface area contributed by atoms with E-state index in [-0.39, 0.29) is 5.75 Å². The van der Waals surface area contributed by atoms with Gasteiger partial charge in [0.15, 0.2) is 11.5 Å². The van der Waals surface area contributed by atoms with Crippen molar-refractivity contribution in [1.82, 2.24) is 10.2 Å². The minimum Gasteiger partial charge on any atom is -0.504 e. The SMILES string of the molecule is COc1c(O)cc(-c2cn[nH]c2N)c(C)c1C. The summed E-state index contributed by atoms with van der Waals surface area (Å²) in [5.74, 6) is 1.08. The zero-order chi connectivity index (χ0) is 12.6. The molecule has 2 rings (SSSR count). The molecule has 0 fully saturated rings. The molecule has 0 amide bonds. The molecule has 5 nitrogen and oxygen atoms in total. The molecule has 4 N–H and O–H groups in total. The third-order valence-electron chi connectivity index (χ3n) is 2.98. The summed E-state index contributed by atoms with van der Waals surface area (Å²) in [6.07, 6.45) is 1.64. The second-order valence-electron chi connectivity index (χ2n) is 3.92. The van der Waals surface area contributed by atoms with Gasteiger partial charge in [-0.3, -0.25) is 5.10 Å². The van der Waals surface area contributed by atoms with Crippen molar-refractivity contribution in [1.29, 1.82) is 0 Å². The third-order valence-corrected chi connectivity index (χ3v) is 2.98. The van der Waals surface area contributed by atoms with Crippen molar-refractivity contribution < 1.29 is 9.84 Å². The predicted octanol–water partition coefficient (Wildman–Crippen LogP) is 1.99. The number of benzene rings is 1. The molecular weight excluding hydrogens is 218 g/mol. The highest BCUT2D eigenvalue weighted by molar-refractivity contribution is 5.79. The van der Waals surface area contributed by atoms with Gasteiger partial charge in [0.2, 0.25) is 0 Å². The van der Waals surface area contributed by atoms with E-state index >= 15 is 0 Å². The number of aromatic amines is 1. The van der Waals surface area contributed by atoms with Crippen molar-refractivity contribution in [2.24, 2.45) is 0 Å². The maximum Gasteiger partial charge on any atom is 0.163 e. The third kappa shape index (κ3) is 1.69. The summed E-state index contributed by atoms with van der Waals surface area (Å²) in [5.41, 5.74) is 9.31. The van der Waals surface area contributed by atoms with Crippen LogP contribution < -0.4 is 10.5 Å². The Balaban J connectivity index is 2.69. The molecule has 0 bridgehead atoms. The number of methoxy groups -OCH3 is 1. The van der Waals surface area contributed by atoms with E-state index in [1.54, 1.807) is 12.3 Å². The lowest BCUT2D eigenvalue weighted by Crippen LogP contribution is -1.95. The Morgan fingerprint density at radius 2 is 2.00 bits per heavy atom. The van der Waals surface area contributed by atoms with Gasteiger partial charge in [-0.1, -0.05) is 0 Å². The van der Waals surface area contributed by atoms with E-state index in [9.17, 15) is 5.11 Å². The number of nitrogen functional groups attached to an aromatic ring is 1. The number of rotatable bonds is 2. The molecule has 1 aromatic heterocycles. The largest absolute Gasteiger partial charge is 0.504 e. The first kappa shape index (κ1) is 11.3. The van der Waals surface area contributed by atoms with E-state index in [1.165, 1.54) is 7.11 Å². The molecule has 90 valence electrons. The van der Waals surface area contributed by atoms with Gasteiger partial charge >= 0.3 is 0 Å². The Hall–Kier alpha value is -2.17. The topological polar surface area (TPSA) is 84.2 Å². The van der Waals surface area contributed by atoms with E-state index in [0.717, 1.165) is 22.3 Å². The van der Waals surface area contributed by atoms with Gasteiger partial charge in [-0.15, -0.1) is 0 Å². The summed E-state index contributed by atoms with van der Waals surface area (Å²) >= 11 is 0. The number of phenols is 1. The smallest absolute Gasteiger partial charge is 0.163 e. The van der Waals surface area contributed by atoms with Gasteiger partial charge in [0.1, 0.15) is 5.82 Å². The number of H-pyrrole nitrogens is 1. The number of ether oxygens (including phenoxy) is 1. The number of aromatic hydroxyl groups is 1. The number of anilines is 1. The average Bonchev–Trinajstić information content (AvgIpc) is 2.71. The van der Waals surface area contributed by atoms with E-state index in [1.807, 2.05) is 13.8 Å². The van der Waals surface area contributed by atoms with Gasteiger partial charge in [0.25, 0.3) is 0 Å². The number of nitrogens with one attached hydrogen (secondary N) is 1. The molecule has 0 saturated heterocycles. The molecule has 1 heterocycles. The Morgan fingerprint density at radius 1 is 1.29 bits per heavy atom. The van der Waals surface area contributed by atoms with Gasteiger partial charge in [-0.25, -0.2) is 0 Å². The lowest BCUT2D eigenvalue weighted by Gasteiger charge is -2.14. The monoisotopic (exact) mass is 233 g/mol. The molecule has 0 saturated carbocycles. The van der Waals surface area contributed by atoms with Crippen molar-refractivity contribution in [3.05, 3.63) is 23.4 Å². The minimum absolute atomic E-state index is 0.103. The van der Waals surface area contributed by atoms with E-state index in [4.69, 9.17) is 10.5 Å². The fourth-order valence-electron chi connectivity index (χ4n) is 1.92. The first-order valence-electron chi connectivity index (χ1n) is 5.22. The van der Waals surface area contributed by atoms with Crippen LogP contribution >= 0.6 is 0 Å². The predicted molar refractivity (Wildman–Crippen MR) is 66.1 cm³/mol. The summed E-state index contributed by atoms with van der Waals surface area (Å²) in [6.45, 7) is 3.85. The van der Waals surface area contributed by atoms with Crippen LogP contribution in [0, 0.1) is 13.8 Å². The summed E-state index contributed by atoms with van der Waals surface area (Å²) in [4.78, 5) is 0. The molecule has 0 radical (unpaired) electrons. The van der Waals surface area contributed by atoms with E-state index in [0.29, 0.717) is 11.6 Å². The summed E-state index contributed by atoms with van der Waals surface area (Å²) in [7, 11) is 1.54. The van der Waals surface area contributed by atoms with Crippen molar-refractivity contribution in [2.45, 2.75) is 13.8 Å². The molecule has 0 aliphatic rings. The van der Waals surface area contributed by atoms with Gasteiger partial charge in [0.05, 0.1) is 13.3 Å². The van der Waals surface area contributed by atoms with Crippen molar-refractivity contribution in [3.63, 3.8) is 0 Å². The molecule has 1 aromatic carbocycles. The zero-order valence-corrected chi connectivity index (χ0v) is 10.0. The van der Waals surface area contributed by atoms with Gasteiger partial charge in [0, 0.05) is 5.56 Å². The maximum atomic E-state index is 9.89. The first-order chi connectivity index (χ1) is 8.06. The fraction of sp³-hybridized carbons (Fsp3) is 0.250. The fourth-order valence-corrected chi connectivity index (χ4v) is 1.92. The van der Waals surface area contributed by atoms with Gasteiger partial charge < -0.3 is 15.6 Å².